The summed E-state index contributed by atoms with van der Waals surface area (Å²) in [6.07, 6.45) is 3.58. The average Bonchev–Trinajstić information content (AvgIpc) is 2.22. The smallest absolute Gasteiger partial charge is 0.192 e. The highest BCUT2D eigenvalue weighted by atomic mass is 127. The number of hydrogen-bond acceptors (Lipinski definition) is 3. The van der Waals surface area contributed by atoms with Gasteiger partial charge in [0.15, 0.2) is 5.16 Å². The normalized spacial score (nSPS) is 10.3. The molecule has 76 valence electrons. The summed E-state index contributed by atoms with van der Waals surface area (Å²) in [5.74, 6) is 0. The molecular weight excluding hydrogens is 343 g/mol. The number of nitrogens with zero attached hydrogens (tertiary/aromatic N) is 2. The van der Waals surface area contributed by atoms with E-state index in [1.54, 1.807) is 12.4 Å². The van der Waals surface area contributed by atoms with Gasteiger partial charge in [0.2, 0.25) is 0 Å². The Morgan fingerprint density at radius 2 is 1.93 bits per heavy atom. The summed E-state index contributed by atoms with van der Waals surface area (Å²) in [6, 6.07) is 7.64. The van der Waals surface area contributed by atoms with E-state index < -0.39 is 0 Å². The standard InChI is InChI=1S/C10H6ClIN2S/c11-7-2-1-3-9(4-7)15-10-13-5-8(12)6-14-10/h1-6H. The number of halogens is 2. The fraction of sp³-hybridized carbons (Fsp3) is 0. The van der Waals surface area contributed by atoms with Crippen LogP contribution in [-0.2, 0) is 0 Å². The molecule has 0 radical (unpaired) electrons. The molecule has 2 nitrogen and oxygen atoms in total. The molecule has 0 amide bonds. The van der Waals surface area contributed by atoms with Gasteiger partial charge in [0, 0.05) is 25.9 Å². The molecule has 0 unspecified atom stereocenters. The summed E-state index contributed by atoms with van der Waals surface area (Å²) in [7, 11) is 0. The molecule has 0 atom stereocenters. The van der Waals surface area contributed by atoms with Crippen LogP contribution in [0.3, 0.4) is 0 Å². The molecule has 15 heavy (non-hydrogen) atoms. The van der Waals surface area contributed by atoms with Crippen molar-refractivity contribution < 1.29 is 0 Å². The number of rotatable bonds is 2. The first kappa shape index (κ1) is 11.2. The molecule has 0 fully saturated rings. The molecule has 1 aromatic carbocycles. The van der Waals surface area contributed by atoms with E-state index in [-0.39, 0.29) is 0 Å². The molecule has 0 saturated carbocycles. The van der Waals surface area contributed by atoms with Crippen LogP contribution >= 0.6 is 46.0 Å². The van der Waals surface area contributed by atoms with Crippen molar-refractivity contribution in [3.63, 3.8) is 0 Å². The molecule has 0 bridgehead atoms. The fourth-order valence-corrected chi connectivity index (χ4v) is 2.28. The van der Waals surface area contributed by atoms with Gasteiger partial charge in [-0.2, -0.15) is 0 Å². The van der Waals surface area contributed by atoms with Gasteiger partial charge in [-0.05, 0) is 52.6 Å². The molecule has 0 aliphatic carbocycles. The first-order valence-electron chi connectivity index (χ1n) is 4.15. The highest BCUT2D eigenvalue weighted by molar-refractivity contribution is 14.1. The van der Waals surface area contributed by atoms with Crippen LogP contribution in [0.15, 0.2) is 46.7 Å². The van der Waals surface area contributed by atoms with Crippen molar-refractivity contribution >= 4 is 46.0 Å². The van der Waals surface area contributed by atoms with Gasteiger partial charge in [0.1, 0.15) is 0 Å². The van der Waals surface area contributed by atoms with E-state index in [9.17, 15) is 0 Å². The van der Waals surface area contributed by atoms with Crippen LogP contribution in [0.4, 0.5) is 0 Å². The van der Waals surface area contributed by atoms with Crippen LogP contribution in [0, 0.1) is 3.57 Å². The zero-order valence-electron chi connectivity index (χ0n) is 7.52. The fourth-order valence-electron chi connectivity index (χ4n) is 0.989. The van der Waals surface area contributed by atoms with E-state index in [1.165, 1.54) is 11.8 Å². The lowest BCUT2D eigenvalue weighted by atomic mass is 10.4. The Morgan fingerprint density at radius 3 is 2.60 bits per heavy atom. The predicted molar refractivity (Wildman–Crippen MR) is 70.3 cm³/mol. The molecule has 1 heterocycles. The number of hydrogen-bond donors (Lipinski definition) is 0. The van der Waals surface area contributed by atoms with Crippen LogP contribution < -0.4 is 0 Å². The summed E-state index contributed by atoms with van der Waals surface area (Å²) in [5.41, 5.74) is 0. The van der Waals surface area contributed by atoms with Gasteiger partial charge >= 0.3 is 0 Å². The Bertz CT molecular complexity index is 461. The third kappa shape index (κ3) is 3.32. The van der Waals surface area contributed by atoms with Crippen molar-refractivity contribution in [3.05, 3.63) is 45.3 Å². The topological polar surface area (TPSA) is 25.8 Å². The first-order chi connectivity index (χ1) is 7.24. The second-order valence-corrected chi connectivity index (χ2v) is 5.47. The third-order valence-corrected chi connectivity index (χ3v) is 3.28. The first-order valence-corrected chi connectivity index (χ1v) is 6.42. The van der Waals surface area contributed by atoms with Crippen LogP contribution in [0.25, 0.3) is 0 Å². The van der Waals surface area contributed by atoms with E-state index in [1.807, 2.05) is 24.3 Å². The molecule has 2 rings (SSSR count). The minimum Gasteiger partial charge on any atom is -0.230 e. The van der Waals surface area contributed by atoms with Gasteiger partial charge in [-0.15, -0.1) is 0 Å². The second-order valence-electron chi connectivity index (χ2n) is 2.74. The molecule has 0 aliphatic rings. The summed E-state index contributed by atoms with van der Waals surface area (Å²) < 4.78 is 1.03. The van der Waals surface area contributed by atoms with Gasteiger partial charge in [-0.25, -0.2) is 9.97 Å². The third-order valence-electron chi connectivity index (χ3n) is 1.60. The zero-order valence-corrected chi connectivity index (χ0v) is 11.3. The summed E-state index contributed by atoms with van der Waals surface area (Å²) >= 11 is 9.56. The molecule has 5 heteroatoms. The van der Waals surface area contributed by atoms with Crippen LogP contribution in [0.5, 0.6) is 0 Å². The van der Waals surface area contributed by atoms with E-state index in [2.05, 4.69) is 32.6 Å². The highest BCUT2D eigenvalue weighted by Gasteiger charge is 2.00. The van der Waals surface area contributed by atoms with Gasteiger partial charge in [-0.3, -0.25) is 0 Å². The van der Waals surface area contributed by atoms with Crippen LogP contribution in [-0.4, -0.2) is 9.97 Å². The molecule has 1 aromatic heterocycles. The lowest BCUT2D eigenvalue weighted by Gasteiger charge is -1.99. The quantitative estimate of drug-likeness (QED) is 0.608. The summed E-state index contributed by atoms with van der Waals surface area (Å²) in [5, 5.41) is 1.46. The van der Waals surface area contributed by atoms with Crippen molar-refractivity contribution in [2.45, 2.75) is 10.1 Å². The lowest BCUT2D eigenvalue weighted by molar-refractivity contribution is 0.957. The van der Waals surface area contributed by atoms with Crippen molar-refractivity contribution in [1.82, 2.24) is 9.97 Å². The molecule has 0 aliphatic heterocycles. The van der Waals surface area contributed by atoms with E-state index in [0.29, 0.717) is 0 Å². The Labute approximate surface area is 111 Å². The maximum absolute atomic E-state index is 5.88. The Morgan fingerprint density at radius 1 is 1.20 bits per heavy atom. The average molecular weight is 349 g/mol. The second kappa shape index (κ2) is 5.14. The van der Waals surface area contributed by atoms with Crippen molar-refractivity contribution in [2.75, 3.05) is 0 Å². The van der Waals surface area contributed by atoms with Crippen LogP contribution in [0.1, 0.15) is 0 Å². The Kier molecular flexibility index (Phi) is 3.82. The number of benzene rings is 1. The predicted octanol–water partition coefficient (Wildman–Crippen LogP) is 3.89. The Balaban J connectivity index is 2.18. The maximum atomic E-state index is 5.88. The summed E-state index contributed by atoms with van der Waals surface area (Å²) in [4.78, 5) is 9.45. The van der Waals surface area contributed by atoms with Crippen molar-refractivity contribution in [1.29, 1.82) is 0 Å². The van der Waals surface area contributed by atoms with Crippen molar-refractivity contribution in [2.24, 2.45) is 0 Å². The molecule has 0 spiro atoms. The largest absolute Gasteiger partial charge is 0.230 e. The monoisotopic (exact) mass is 348 g/mol. The van der Waals surface area contributed by atoms with Gasteiger partial charge in [-0.1, -0.05) is 17.7 Å². The van der Waals surface area contributed by atoms with Crippen LogP contribution in [0.2, 0.25) is 5.02 Å². The SMILES string of the molecule is Clc1cccc(Sc2ncc(I)cn2)c1. The molecule has 0 saturated heterocycles. The Hall–Kier alpha value is -0.330. The van der Waals surface area contributed by atoms with Gasteiger partial charge in [0.05, 0.1) is 0 Å². The molecular formula is C10H6ClIN2S. The highest BCUT2D eigenvalue weighted by Crippen LogP contribution is 2.26. The van der Waals surface area contributed by atoms with Crippen molar-refractivity contribution in [3.8, 4) is 0 Å². The minimum atomic E-state index is 0.727. The van der Waals surface area contributed by atoms with E-state index in [0.717, 1.165) is 18.6 Å². The lowest BCUT2D eigenvalue weighted by Crippen LogP contribution is -1.85. The molecule has 0 N–H and O–H groups in total. The zero-order chi connectivity index (χ0) is 10.7. The van der Waals surface area contributed by atoms with E-state index >= 15 is 0 Å². The molecule has 2 aromatic rings. The summed E-state index contributed by atoms with van der Waals surface area (Å²) in [6.45, 7) is 0. The number of aromatic nitrogens is 2. The van der Waals surface area contributed by atoms with Gasteiger partial charge < -0.3 is 0 Å². The maximum Gasteiger partial charge on any atom is 0.192 e. The van der Waals surface area contributed by atoms with Gasteiger partial charge in [0.25, 0.3) is 0 Å². The van der Waals surface area contributed by atoms with E-state index in [4.69, 9.17) is 11.6 Å². The minimum absolute atomic E-state index is 0.727.